The summed E-state index contributed by atoms with van der Waals surface area (Å²) in [5, 5.41) is 6.44. The van der Waals surface area contributed by atoms with Crippen molar-refractivity contribution >= 4 is 28.8 Å². The summed E-state index contributed by atoms with van der Waals surface area (Å²) in [6.45, 7) is 5.84. The Kier molecular flexibility index (Phi) is 7.66. The first-order valence-electron chi connectivity index (χ1n) is 12.7. The van der Waals surface area contributed by atoms with Gasteiger partial charge in [0.15, 0.2) is 0 Å². The molecule has 2 aromatic rings. The van der Waals surface area contributed by atoms with E-state index in [1.54, 1.807) is 13.1 Å². The summed E-state index contributed by atoms with van der Waals surface area (Å²) in [5.41, 5.74) is 0.208. The smallest absolute Gasteiger partial charge is 0.408 e. The van der Waals surface area contributed by atoms with E-state index in [1.165, 1.54) is 4.90 Å². The fraction of sp³-hybridized carbons (Fsp3) is 0.556. The summed E-state index contributed by atoms with van der Waals surface area (Å²) >= 11 is 0. The Bertz CT molecular complexity index is 1110. The van der Waals surface area contributed by atoms with E-state index < -0.39 is 29.7 Å². The number of alkyl carbamates (subject to hydrolysis) is 1. The highest BCUT2D eigenvalue weighted by molar-refractivity contribution is 5.92. The lowest BCUT2D eigenvalue weighted by Crippen LogP contribution is -2.57. The highest BCUT2D eigenvalue weighted by atomic mass is 16.6. The van der Waals surface area contributed by atoms with E-state index in [1.807, 2.05) is 51.1 Å². The standard InChI is InChI=1S/C27H36N4O5/c1-27(2,3)23(30-26(34)36-18-10-6-7-11-18)25(33)31-16-19(15-21(31)24(32)28-4)35-22-14-13-17-9-5-8-12-20(17)29-22/h5,8-9,12-14,18-19,21,23H,6-7,10-11,15-16H2,1-4H3,(H,28,32)(H,30,34)/t19-,21+,23-/m1/s1. The topological polar surface area (TPSA) is 110 Å². The molecule has 2 aliphatic rings. The molecule has 3 atom stereocenters. The van der Waals surface area contributed by atoms with Crippen LogP contribution < -0.4 is 15.4 Å². The number of aromatic nitrogens is 1. The molecule has 194 valence electrons. The van der Waals surface area contributed by atoms with Crippen LogP contribution in [0.4, 0.5) is 4.79 Å². The van der Waals surface area contributed by atoms with Crippen molar-refractivity contribution in [3.05, 3.63) is 36.4 Å². The molecule has 9 nitrogen and oxygen atoms in total. The van der Waals surface area contributed by atoms with E-state index in [9.17, 15) is 14.4 Å². The zero-order valence-corrected chi connectivity index (χ0v) is 21.5. The van der Waals surface area contributed by atoms with Crippen LogP contribution in [0.2, 0.25) is 0 Å². The fourth-order valence-electron chi connectivity index (χ4n) is 4.95. The zero-order chi connectivity index (χ0) is 25.9. The third-order valence-electron chi connectivity index (χ3n) is 6.91. The Hall–Kier alpha value is -3.36. The Morgan fingerprint density at radius 2 is 1.78 bits per heavy atom. The van der Waals surface area contributed by atoms with Crippen LogP contribution in [0.5, 0.6) is 5.88 Å². The number of carbonyl (C=O) groups excluding carboxylic acids is 3. The molecule has 0 radical (unpaired) electrons. The quantitative estimate of drug-likeness (QED) is 0.634. The summed E-state index contributed by atoms with van der Waals surface area (Å²) in [6, 6.07) is 9.88. The number of hydrogen-bond donors (Lipinski definition) is 2. The zero-order valence-electron chi connectivity index (χ0n) is 21.5. The molecule has 1 aromatic carbocycles. The van der Waals surface area contributed by atoms with E-state index >= 15 is 0 Å². The molecular formula is C27H36N4O5. The van der Waals surface area contributed by atoms with Gasteiger partial charge in [0.2, 0.25) is 17.7 Å². The number of nitrogens with one attached hydrogen (secondary N) is 2. The number of nitrogens with zero attached hydrogens (tertiary/aromatic N) is 2. The molecular weight excluding hydrogens is 460 g/mol. The van der Waals surface area contributed by atoms with E-state index in [4.69, 9.17) is 9.47 Å². The maximum absolute atomic E-state index is 13.8. The molecule has 2 heterocycles. The van der Waals surface area contributed by atoms with Gasteiger partial charge in [-0.15, -0.1) is 0 Å². The summed E-state index contributed by atoms with van der Waals surface area (Å²) in [7, 11) is 1.54. The molecule has 1 saturated carbocycles. The average Bonchev–Trinajstić information content (AvgIpc) is 3.51. The Morgan fingerprint density at radius 1 is 1.06 bits per heavy atom. The highest BCUT2D eigenvalue weighted by Crippen LogP contribution is 2.29. The van der Waals surface area contributed by atoms with E-state index in [2.05, 4.69) is 15.6 Å². The molecule has 9 heteroatoms. The van der Waals surface area contributed by atoms with Gasteiger partial charge in [0, 0.05) is 24.9 Å². The van der Waals surface area contributed by atoms with Crippen LogP contribution in [0, 0.1) is 5.41 Å². The van der Waals surface area contributed by atoms with E-state index in [0.717, 1.165) is 36.6 Å². The van der Waals surface area contributed by atoms with Gasteiger partial charge in [-0.1, -0.05) is 39.0 Å². The summed E-state index contributed by atoms with van der Waals surface area (Å²) in [6.07, 6.45) is 2.95. The number of rotatable bonds is 6. The molecule has 1 aromatic heterocycles. The molecule has 4 rings (SSSR count). The van der Waals surface area contributed by atoms with Crippen LogP contribution in [0.3, 0.4) is 0 Å². The lowest BCUT2D eigenvalue weighted by Gasteiger charge is -2.35. The van der Waals surface area contributed by atoms with Gasteiger partial charge in [-0.25, -0.2) is 9.78 Å². The number of amides is 3. The molecule has 0 unspecified atom stereocenters. The summed E-state index contributed by atoms with van der Waals surface area (Å²) < 4.78 is 11.7. The van der Waals surface area contributed by atoms with Crippen LogP contribution in [0.1, 0.15) is 52.9 Å². The van der Waals surface area contributed by atoms with Crippen molar-refractivity contribution in [3.8, 4) is 5.88 Å². The number of para-hydroxylation sites is 1. The number of pyridine rings is 1. The van der Waals surface area contributed by atoms with Gasteiger partial charge >= 0.3 is 6.09 Å². The maximum atomic E-state index is 13.8. The predicted molar refractivity (Wildman–Crippen MR) is 135 cm³/mol. The van der Waals surface area contributed by atoms with E-state index in [-0.39, 0.29) is 24.5 Å². The van der Waals surface area contributed by atoms with Crippen LogP contribution >= 0.6 is 0 Å². The average molecular weight is 497 g/mol. The highest BCUT2D eigenvalue weighted by Gasteiger charge is 2.45. The first-order chi connectivity index (χ1) is 17.2. The number of likely N-dealkylation sites (N-methyl/N-ethyl adjacent to an activating group) is 1. The fourth-order valence-corrected chi connectivity index (χ4v) is 4.95. The van der Waals surface area contributed by atoms with Crippen LogP contribution in [0.25, 0.3) is 10.9 Å². The van der Waals surface area contributed by atoms with Gasteiger partial charge in [-0.05, 0) is 43.2 Å². The number of hydrogen-bond acceptors (Lipinski definition) is 6. The van der Waals surface area contributed by atoms with Crippen molar-refractivity contribution in [2.75, 3.05) is 13.6 Å². The molecule has 3 amide bonds. The van der Waals surface area contributed by atoms with Gasteiger partial charge in [0.05, 0.1) is 12.1 Å². The van der Waals surface area contributed by atoms with Gasteiger partial charge in [-0.2, -0.15) is 0 Å². The van der Waals surface area contributed by atoms with Crippen LogP contribution in [0.15, 0.2) is 36.4 Å². The predicted octanol–water partition coefficient (Wildman–Crippen LogP) is 3.41. The van der Waals surface area contributed by atoms with Gasteiger partial charge in [-0.3, -0.25) is 9.59 Å². The molecule has 1 aliphatic heterocycles. The minimum atomic E-state index is -0.865. The lowest BCUT2D eigenvalue weighted by molar-refractivity contribution is -0.142. The van der Waals surface area contributed by atoms with Crippen molar-refractivity contribution in [3.63, 3.8) is 0 Å². The summed E-state index contributed by atoms with van der Waals surface area (Å²) in [4.78, 5) is 45.2. The molecule has 2 fully saturated rings. The molecule has 2 N–H and O–H groups in total. The Morgan fingerprint density at radius 3 is 2.47 bits per heavy atom. The second-order valence-electron chi connectivity index (χ2n) is 10.7. The second kappa shape index (κ2) is 10.7. The first kappa shape index (κ1) is 25.7. The number of fused-ring (bicyclic) bond motifs is 1. The molecule has 1 saturated heterocycles. The Balaban J connectivity index is 1.50. The van der Waals surface area contributed by atoms with Crippen LogP contribution in [-0.4, -0.2) is 65.7 Å². The number of likely N-dealkylation sites (tertiary alicyclic amines) is 1. The third-order valence-corrected chi connectivity index (χ3v) is 6.91. The minimum Gasteiger partial charge on any atom is -0.472 e. The first-order valence-corrected chi connectivity index (χ1v) is 12.7. The largest absolute Gasteiger partial charge is 0.472 e. The van der Waals surface area contributed by atoms with E-state index in [0.29, 0.717) is 12.3 Å². The lowest BCUT2D eigenvalue weighted by atomic mass is 9.85. The van der Waals surface area contributed by atoms with Crippen molar-refractivity contribution in [1.82, 2.24) is 20.5 Å². The van der Waals surface area contributed by atoms with Crippen molar-refractivity contribution in [2.24, 2.45) is 5.41 Å². The minimum absolute atomic E-state index is 0.113. The molecule has 36 heavy (non-hydrogen) atoms. The Labute approximate surface area is 211 Å². The normalized spacial score (nSPS) is 21.3. The van der Waals surface area contributed by atoms with Crippen molar-refractivity contribution in [1.29, 1.82) is 0 Å². The maximum Gasteiger partial charge on any atom is 0.408 e. The van der Waals surface area contributed by atoms with Crippen LogP contribution in [-0.2, 0) is 14.3 Å². The number of carbonyl (C=O) groups is 3. The van der Waals surface area contributed by atoms with Gasteiger partial charge in [0.1, 0.15) is 24.3 Å². The summed E-state index contributed by atoms with van der Waals surface area (Å²) in [5.74, 6) is -0.173. The molecule has 0 spiro atoms. The monoisotopic (exact) mass is 496 g/mol. The molecule has 1 aliphatic carbocycles. The van der Waals surface area contributed by atoms with Crippen molar-refractivity contribution in [2.45, 2.75) is 77.2 Å². The van der Waals surface area contributed by atoms with Crippen molar-refractivity contribution < 1.29 is 23.9 Å². The second-order valence-corrected chi connectivity index (χ2v) is 10.7. The SMILES string of the molecule is CNC(=O)[C@@H]1C[C@@H](Oc2ccc3ccccc3n2)CN1C(=O)[C@@H](NC(=O)OC1CCCC1)C(C)(C)C. The molecule has 0 bridgehead atoms. The van der Waals surface area contributed by atoms with Gasteiger partial charge < -0.3 is 25.0 Å². The number of benzene rings is 1. The third kappa shape index (κ3) is 5.88. The number of ether oxygens (including phenoxy) is 2. The van der Waals surface area contributed by atoms with Gasteiger partial charge in [0.25, 0.3) is 0 Å².